The maximum absolute atomic E-state index is 13.0. The van der Waals surface area contributed by atoms with E-state index < -0.39 is 35.9 Å². The number of aromatic nitrogens is 2. The molecule has 1 amide bonds. The van der Waals surface area contributed by atoms with Crippen molar-refractivity contribution in [3.05, 3.63) is 52.8 Å². The fourth-order valence-electron chi connectivity index (χ4n) is 3.14. The summed E-state index contributed by atoms with van der Waals surface area (Å²) in [5, 5.41) is 3.18. The second-order valence-electron chi connectivity index (χ2n) is 7.08. The predicted molar refractivity (Wildman–Crippen MR) is 99.4 cm³/mol. The van der Waals surface area contributed by atoms with Crippen LogP contribution in [0.2, 0.25) is 0 Å². The summed E-state index contributed by atoms with van der Waals surface area (Å²) in [7, 11) is 1.28. The van der Waals surface area contributed by atoms with E-state index in [1.54, 1.807) is 0 Å². The number of nitrogens with one attached hydrogen (secondary N) is 1. The molecule has 0 saturated carbocycles. The van der Waals surface area contributed by atoms with Crippen molar-refractivity contribution in [1.29, 1.82) is 0 Å². The molecule has 1 N–H and O–H groups in total. The molecular formula is C19H19F6N5O. The van der Waals surface area contributed by atoms with Gasteiger partial charge in [-0.15, -0.1) is 0 Å². The lowest BCUT2D eigenvalue weighted by Gasteiger charge is -2.27. The van der Waals surface area contributed by atoms with E-state index in [1.807, 2.05) is 4.90 Å². The standard InChI is InChI=1S/C19H19F6N5O/c1-29(11-12-6-14(18(20,21)22)8-15(7-12)19(23,24)25)16(31)13-9-27-17(28-10-13)30-4-2-26-3-5-30/h6-10,26H,2-5,11H2,1H3. The van der Waals surface area contributed by atoms with E-state index in [-0.39, 0.29) is 17.2 Å². The number of carbonyl (C=O) groups is 1. The molecule has 0 unspecified atom stereocenters. The molecule has 168 valence electrons. The third-order valence-electron chi connectivity index (χ3n) is 4.70. The van der Waals surface area contributed by atoms with Gasteiger partial charge in [-0.25, -0.2) is 9.97 Å². The van der Waals surface area contributed by atoms with Gasteiger partial charge in [-0.3, -0.25) is 4.79 Å². The number of amides is 1. The topological polar surface area (TPSA) is 61.4 Å². The van der Waals surface area contributed by atoms with Crippen molar-refractivity contribution in [1.82, 2.24) is 20.2 Å². The summed E-state index contributed by atoms with van der Waals surface area (Å²) in [5.41, 5.74) is -3.08. The molecule has 1 aliphatic heterocycles. The highest BCUT2D eigenvalue weighted by Crippen LogP contribution is 2.36. The number of benzene rings is 1. The van der Waals surface area contributed by atoms with Gasteiger partial charge in [-0.1, -0.05) is 0 Å². The normalized spacial score (nSPS) is 15.1. The van der Waals surface area contributed by atoms with Gasteiger partial charge in [0.05, 0.1) is 16.7 Å². The van der Waals surface area contributed by atoms with E-state index in [4.69, 9.17) is 0 Å². The second kappa shape index (κ2) is 8.69. The lowest BCUT2D eigenvalue weighted by atomic mass is 10.0. The van der Waals surface area contributed by atoms with Crippen LogP contribution >= 0.6 is 0 Å². The molecule has 12 heteroatoms. The lowest BCUT2D eigenvalue weighted by molar-refractivity contribution is -0.143. The van der Waals surface area contributed by atoms with Crippen molar-refractivity contribution in [2.45, 2.75) is 18.9 Å². The molecule has 2 aromatic rings. The van der Waals surface area contributed by atoms with Gasteiger partial charge in [0.2, 0.25) is 5.95 Å². The molecule has 0 aliphatic carbocycles. The van der Waals surface area contributed by atoms with Crippen LogP contribution in [-0.4, -0.2) is 54.0 Å². The van der Waals surface area contributed by atoms with Crippen molar-refractivity contribution in [3.8, 4) is 0 Å². The monoisotopic (exact) mass is 447 g/mol. The fraction of sp³-hybridized carbons (Fsp3) is 0.421. The Balaban J connectivity index is 1.77. The first kappa shape index (κ1) is 22.8. The molecule has 1 aromatic carbocycles. The van der Waals surface area contributed by atoms with Crippen LogP contribution in [0.4, 0.5) is 32.3 Å². The molecule has 1 aromatic heterocycles. The fourth-order valence-corrected chi connectivity index (χ4v) is 3.14. The second-order valence-corrected chi connectivity index (χ2v) is 7.08. The molecule has 0 radical (unpaired) electrons. The number of nitrogens with zero attached hydrogens (tertiary/aromatic N) is 4. The Morgan fingerprint density at radius 3 is 2.00 bits per heavy atom. The first-order chi connectivity index (χ1) is 14.4. The zero-order chi connectivity index (χ0) is 22.8. The summed E-state index contributed by atoms with van der Waals surface area (Å²) in [6.07, 6.45) is -7.33. The van der Waals surface area contributed by atoms with E-state index >= 15 is 0 Å². The van der Waals surface area contributed by atoms with Crippen molar-refractivity contribution in [2.24, 2.45) is 0 Å². The maximum Gasteiger partial charge on any atom is 0.416 e. The van der Waals surface area contributed by atoms with E-state index in [0.29, 0.717) is 31.2 Å². The SMILES string of the molecule is CN(Cc1cc(C(F)(F)F)cc(C(F)(F)F)c1)C(=O)c1cnc(N2CCNCC2)nc1. The Morgan fingerprint density at radius 1 is 1.00 bits per heavy atom. The zero-order valence-electron chi connectivity index (χ0n) is 16.4. The predicted octanol–water partition coefficient (Wildman–Crippen LogP) is 3.20. The molecule has 6 nitrogen and oxygen atoms in total. The third kappa shape index (κ3) is 5.63. The minimum Gasteiger partial charge on any atom is -0.338 e. The van der Waals surface area contributed by atoms with Crippen LogP contribution in [0.1, 0.15) is 27.0 Å². The molecule has 2 heterocycles. The van der Waals surface area contributed by atoms with E-state index in [0.717, 1.165) is 18.0 Å². The molecular weight excluding hydrogens is 428 g/mol. The van der Waals surface area contributed by atoms with Gasteiger partial charge in [0.1, 0.15) is 0 Å². The quantitative estimate of drug-likeness (QED) is 0.730. The Hall–Kier alpha value is -2.89. The minimum absolute atomic E-state index is 0.0496. The zero-order valence-corrected chi connectivity index (χ0v) is 16.4. The van der Waals surface area contributed by atoms with Gasteiger partial charge >= 0.3 is 12.4 Å². The number of carbonyl (C=O) groups excluding carboxylic acids is 1. The Morgan fingerprint density at radius 2 is 1.52 bits per heavy atom. The van der Waals surface area contributed by atoms with Crippen molar-refractivity contribution in [3.63, 3.8) is 0 Å². The first-order valence-electron chi connectivity index (χ1n) is 9.26. The molecule has 0 bridgehead atoms. The number of halogens is 6. The average Bonchev–Trinajstić information content (AvgIpc) is 2.72. The Labute approximate surface area is 173 Å². The summed E-state index contributed by atoms with van der Waals surface area (Å²) < 4.78 is 78.1. The largest absolute Gasteiger partial charge is 0.416 e. The van der Waals surface area contributed by atoms with E-state index in [9.17, 15) is 31.1 Å². The number of alkyl halides is 6. The molecule has 0 spiro atoms. The van der Waals surface area contributed by atoms with Crippen molar-refractivity contribution in [2.75, 3.05) is 38.1 Å². The van der Waals surface area contributed by atoms with Gasteiger partial charge in [-0.05, 0) is 23.8 Å². The smallest absolute Gasteiger partial charge is 0.338 e. The summed E-state index contributed by atoms with van der Waals surface area (Å²) in [5.74, 6) is -0.189. The highest BCUT2D eigenvalue weighted by molar-refractivity contribution is 5.93. The Bertz CT molecular complexity index is 891. The number of piperazine rings is 1. The molecule has 31 heavy (non-hydrogen) atoms. The number of hydrogen-bond acceptors (Lipinski definition) is 5. The van der Waals surface area contributed by atoms with Crippen LogP contribution in [0.15, 0.2) is 30.6 Å². The van der Waals surface area contributed by atoms with Gasteiger partial charge in [0, 0.05) is 52.2 Å². The lowest BCUT2D eigenvalue weighted by Crippen LogP contribution is -2.44. The molecule has 3 rings (SSSR count). The van der Waals surface area contributed by atoms with E-state index in [2.05, 4.69) is 15.3 Å². The third-order valence-corrected chi connectivity index (χ3v) is 4.70. The summed E-state index contributed by atoms with van der Waals surface area (Å²) >= 11 is 0. The van der Waals surface area contributed by atoms with Crippen LogP contribution in [0.25, 0.3) is 0 Å². The van der Waals surface area contributed by atoms with Gasteiger partial charge in [0.15, 0.2) is 0 Å². The molecule has 1 fully saturated rings. The molecule has 1 aliphatic rings. The summed E-state index contributed by atoms with van der Waals surface area (Å²) in [4.78, 5) is 23.8. The number of anilines is 1. The average molecular weight is 447 g/mol. The number of hydrogen-bond donors (Lipinski definition) is 1. The highest BCUT2D eigenvalue weighted by Gasteiger charge is 2.37. The summed E-state index contributed by atoms with van der Waals surface area (Å²) in [6.45, 7) is 2.48. The van der Waals surface area contributed by atoms with Crippen LogP contribution < -0.4 is 10.2 Å². The minimum atomic E-state index is -4.95. The Kier molecular flexibility index (Phi) is 6.39. The van der Waals surface area contributed by atoms with Gasteiger partial charge < -0.3 is 15.1 Å². The number of rotatable bonds is 4. The van der Waals surface area contributed by atoms with Crippen LogP contribution in [0, 0.1) is 0 Å². The van der Waals surface area contributed by atoms with Crippen LogP contribution in [0.5, 0.6) is 0 Å². The maximum atomic E-state index is 13.0. The van der Waals surface area contributed by atoms with Crippen molar-refractivity contribution >= 4 is 11.9 Å². The van der Waals surface area contributed by atoms with Crippen molar-refractivity contribution < 1.29 is 31.1 Å². The van der Waals surface area contributed by atoms with Crippen LogP contribution in [-0.2, 0) is 18.9 Å². The molecule has 1 saturated heterocycles. The van der Waals surface area contributed by atoms with Gasteiger partial charge in [0.25, 0.3) is 5.91 Å². The van der Waals surface area contributed by atoms with Gasteiger partial charge in [-0.2, -0.15) is 26.3 Å². The summed E-state index contributed by atoms with van der Waals surface area (Å²) in [6, 6.07) is 1.25. The van der Waals surface area contributed by atoms with Crippen LogP contribution in [0.3, 0.4) is 0 Å². The highest BCUT2D eigenvalue weighted by atomic mass is 19.4. The molecule has 0 atom stereocenters. The first-order valence-corrected chi connectivity index (χ1v) is 9.26. The van der Waals surface area contributed by atoms with E-state index in [1.165, 1.54) is 19.4 Å².